The lowest BCUT2D eigenvalue weighted by molar-refractivity contribution is 0.301. The fourth-order valence-corrected chi connectivity index (χ4v) is 3.69. The fourth-order valence-electron chi connectivity index (χ4n) is 3.69. The molecule has 0 bridgehead atoms. The van der Waals surface area contributed by atoms with Crippen molar-refractivity contribution in [2.24, 2.45) is 5.92 Å². The monoisotopic (exact) mass is 275 g/mol. The third kappa shape index (κ3) is 3.54. The number of methoxy groups -OCH3 is 1. The van der Waals surface area contributed by atoms with E-state index in [0.29, 0.717) is 6.04 Å². The molecule has 112 valence electrons. The van der Waals surface area contributed by atoms with Crippen molar-refractivity contribution in [1.82, 2.24) is 5.32 Å². The van der Waals surface area contributed by atoms with E-state index in [9.17, 15) is 0 Å². The van der Waals surface area contributed by atoms with Crippen LogP contribution < -0.4 is 10.1 Å². The molecule has 2 rings (SSSR count). The molecule has 1 aliphatic rings. The topological polar surface area (TPSA) is 21.3 Å². The summed E-state index contributed by atoms with van der Waals surface area (Å²) in [6.07, 6.45) is 8.26. The molecule has 0 spiro atoms. The van der Waals surface area contributed by atoms with Crippen LogP contribution in [0.25, 0.3) is 0 Å². The van der Waals surface area contributed by atoms with Crippen LogP contribution in [0, 0.1) is 19.8 Å². The Morgan fingerprint density at radius 3 is 2.50 bits per heavy atom. The van der Waals surface area contributed by atoms with Crippen molar-refractivity contribution in [2.45, 2.75) is 58.4 Å². The minimum absolute atomic E-state index is 0.411. The molecule has 1 aromatic rings. The molecule has 1 atom stereocenters. The van der Waals surface area contributed by atoms with Crippen molar-refractivity contribution in [3.63, 3.8) is 0 Å². The average Bonchev–Trinajstić information content (AvgIpc) is 2.45. The Morgan fingerprint density at radius 2 is 1.90 bits per heavy atom. The van der Waals surface area contributed by atoms with E-state index in [0.717, 1.165) is 11.7 Å². The summed E-state index contributed by atoms with van der Waals surface area (Å²) in [6, 6.07) is 4.84. The highest BCUT2D eigenvalue weighted by molar-refractivity contribution is 5.45. The molecule has 0 heterocycles. The summed E-state index contributed by atoms with van der Waals surface area (Å²) in [5.74, 6) is 1.91. The predicted molar refractivity (Wildman–Crippen MR) is 85.5 cm³/mol. The fraction of sp³-hybridized carbons (Fsp3) is 0.667. The first kappa shape index (κ1) is 15.4. The molecule has 1 unspecified atom stereocenters. The van der Waals surface area contributed by atoms with Crippen molar-refractivity contribution in [2.75, 3.05) is 14.2 Å². The first-order valence-electron chi connectivity index (χ1n) is 7.98. The van der Waals surface area contributed by atoms with Gasteiger partial charge in [0.1, 0.15) is 5.75 Å². The van der Waals surface area contributed by atoms with Crippen LogP contribution in [0.5, 0.6) is 5.75 Å². The third-order valence-electron chi connectivity index (χ3n) is 4.70. The van der Waals surface area contributed by atoms with Crippen LogP contribution in [-0.2, 0) is 0 Å². The second-order valence-electron chi connectivity index (χ2n) is 6.28. The summed E-state index contributed by atoms with van der Waals surface area (Å²) in [7, 11) is 3.86. The van der Waals surface area contributed by atoms with E-state index in [1.165, 1.54) is 55.2 Å². The van der Waals surface area contributed by atoms with E-state index in [2.05, 4.69) is 38.3 Å². The molecule has 2 nitrogen and oxygen atoms in total. The molecule has 0 aliphatic heterocycles. The van der Waals surface area contributed by atoms with Gasteiger partial charge in [0.05, 0.1) is 7.11 Å². The molecule has 1 fully saturated rings. The molecule has 1 saturated carbocycles. The van der Waals surface area contributed by atoms with E-state index in [1.54, 1.807) is 7.11 Å². The highest BCUT2D eigenvalue weighted by Crippen LogP contribution is 2.37. The van der Waals surface area contributed by atoms with Crippen LogP contribution in [0.3, 0.4) is 0 Å². The van der Waals surface area contributed by atoms with Gasteiger partial charge in [-0.05, 0) is 50.4 Å². The zero-order valence-electron chi connectivity index (χ0n) is 13.5. The van der Waals surface area contributed by atoms with Gasteiger partial charge in [-0.3, -0.25) is 0 Å². The van der Waals surface area contributed by atoms with Crippen LogP contribution in [0.4, 0.5) is 0 Å². The van der Waals surface area contributed by atoms with Crippen LogP contribution in [-0.4, -0.2) is 14.2 Å². The van der Waals surface area contributed by atoms with Gasteiger partial charge < -0.3 is 10.1 Å². The van der Waals surface area contributed by atoms with Gasteiger partial charge in [-0.1, -0.05) is 38.2 Å². The van der Waals surface area contributed by atoms with Crippen LogP contribution in [0.1, 0.15) is 61.3 Å². The zero-order chi connectivity index (χ0) is 14.5. The Bertz CT molecular complexity index is 435. The molecule has 20 heavy (non-hydrogen) atoms. The maximum absolute atomic E-state index is 5.64. The molecule has 1 aliphatic carbocycles. The molecule has 0 saturated heterocycles. The molecular weight excluding hydrogens is 246 g/mol. The minimum atomic E-state index is 0.411. The van der Waals surface area contributed by atoms with E-state index < -0.39 is 0 Å². The van der Waals surface area contributed by atoms with Gasteiger partial charge in [0, 0.05) is 11.6 Å². The lowest BCUT2D eigenvalue weighted by Crippen LogP contribution is -2.22. The summed E-state index contributed by atoms with van der Waals surface area (Å²) in [5.41, 5.74) is 3.97. The quantitative estimate of drug-likeness (QED) is 0.851. The van der Waals surface area contributed by atoms with Crippen molar-refractivity contribution in [3.8, 4) is 5.75 Å². The minimum Gasteiger partial charge on any atom is -0.496 e. The van der Waals surface area contributed by atoms with E-state index in [-0.39, 0.29) is 0 Å². The molecule has 1 aromatic carbocycles. The highest BCUT2D eigenvalue weighted by Gasteiger charge is 2.23. The van der Waals surface area contributed by atoms with Gasteiger partial charge in [-0.2, -0.15) is 0 Å². The van der Waals surface area contributed by atoms with Gasteiger partial charge >= 0.3 is 0 Å². The third-order valence-corrected chi connectivity index (χ3v) is 4.70. The Hall–Kier alpha value is -1.02. The molecule has 0 aromatic heterocycles. The molecule has 0 amide bonds. The van der Waals surface area contributed by atoms with Gasteiger partial charge in [-0.25, -0.2) is 0 Å². The zero-order valence-corrected chi connectivity index (χ0v) is 13.5. The number of aryl methyl sites for hydroxylation is 2. The Labute approximate surface area is 123 Å². The second kappa shape index (κ2) is 7.12. The van der Waals surface area contributed by atoms with Crippen LogP contribution in [0.15, 0.2) is 12.1 Å². The van der Waals surface area contributed by atoms with Crippen molar-refractivity contribution < 1.29 is 4.74 Å². The standard InChI is InChI=1S/C18H29NO/c1-13-10-14(2)18(17(11-13)20-4)16(19-3)12-15-8-6-5-7-9-15/h10-11,15-16,19H,5-9,12H2,1-4H3. The SMILES string of the molecule is CNC(CC1CCCCC1)c1c(C)cc(C)cc1OC. The first-order chi connectivity index (χ1) is 9.65. The normalized spacial score (nSPS) is 18.0. The van der Waals surface area contributed by atoms with Gasteiger partial charge in [0.2, 0.25) is 0 Å². The van der Waals surface area contributed by atoms with Crippen molar-refractivity contribution in [1.29, 1.82) is 0 Å². The van der Waals surface area contributed by atoms with Crippen molar-refractivity contribution >= 4 is 0 Å². The van der Waals surface area contributed by atoms with E-state index in [1.807, 2.05) is 0 Å². The van der Waals surface area contributed by atoms with Gasteiger partial charge in [0.15, 0.2) is 0 Å². The molecule has 0 radical (unpaired) electrons. The van der Waals surface area contributed by atoms with Crippen LogP contribution >= 0.6 is 0 Å². The van der Waals surface area contributed by atoms with E-state index in [4.69, 9.17) is 4.74 Å². The lowest BCUT2D eigenvalue weighted by Gasteiger charge is -2.28. The smallest absolute Gasteiger partial charge is 0.124 e. The average molecular weight is 275 g/mol. The summed E-state index contributed by atoms with van der Waals surface area (Å²) >= 11 is 0. The summed E-state index contributed by atoms with van der Waals surface area (Å²) in [4.78, 5) is 0. The van der Waals surface area contributed by atoms with Crippen molar-refractivity contribution in [3.05, 3.63) is 28.8 Å². The largest absolute Gasteiger partial charge is 0.496 e. The number of benzene rings is 1. The van der Waals surface area contributed by atoms with Gasteiger partial charge in [-0.15, -0.1) is 0 Å². The van der Waals surface area contributed by atoms with Gasteiger partial charge in [0.25, 0.3) is 0 Å². The summed E-state index contributed by atoms with van der Waals surface area (Å²) in [5, 5.41) is 3.52. The molecule has 1 N–H and O–H groups in total. The molecule has 2 heteroatoms. The number of nitrogens with one attached hydrogen (secondary N) is 1. The predicted octanol–water partition coefficient (Wildman–Crippen LogP) is 4.54. The maximum Gasteiger partial charge on any atom is 0.124 e. The van der Waals surface area contributed by atoms with Crippen LogP contribution in [0.2, 0.25) is 0 Å². The lowest BCUT2D eigenvalue weighted by atomic mass is 9.82. The number of hydrogen-bond donors (Lipinski definition) is 1. The van der Waals surface area contributed by atoms with E-state index >= 15 is 0 Å². The maximum atomic E-state index is 5.64. The summed E-state index contributed by atoms with van der Waals surface area (Å²) in [6.45, 7) is 4.34. The number of hydrogen-bond acceptors (Lipinski definition) is 2. The number of ether oxygens (including phenoxy) is 1. The summed E-state index contributed by atoms with van der Waals surface area (Å²) < 4.78 is 5.64. The highest BCUT2D eigenvalue weighted by atomic mass is 16.5. The Balaban J connectivity index is 2.21. The first-order valence-corrected chi connectivity index (χ1v) is 7.98. The Kier molecular flexibility index (Phi) is 5.47. The molecular formula is C18H29NO. The number of rotatable bonds is 5. The Morgan fingerprint density at radius 1 is 1.20 bits per heavy atom. The second-order valence-corrected chi connectivity index (χ2v) is 6.28.